The van der Waals surface area contributed by atoms with Crippen LogP contribution < -0.4 is 4.90 Å². The van der Waals surface area contributed by atoms with Crippen molar-refractivity contribution >= 4 is 11.4 Å². The minimum absolute atomic E-state index is 0.259. The van der Waals surface area contributed by atoms with Gasteiger partial charge in [0, 0.05) is 17.0 Å². The normalized spacial score (nSPS) is 25.3. The molecule has 0 aromatic heterocycles. The smallest absolute Gasteiger partial charge is 0.115 e. The van der Waals surface area contributed by atoms with Gasteiger partial charge >= 0.3 is 0 Å². The average molecular weight is 294 g/mol. The number of rotatable bonds is 1. The first kappa shape index (κ1) is 13.2. The van der Waals surface area contributed by atoms with E-state index in [0.717, 1.165) is 42.7 Å². The molecule has 1 atom stereocenters. The van der Waals surface area contributed by atoms with Gasteiger partial charge < -0.3 is 15.2 Å². The Hall–Kier alpha value is -2.49. The third-order valence-electron chi connectivity index (χ3n) is 4.67. The van der Waals surface area contributed by atoms with Crippen LogP contribution >= 0.6 is 0 Å². The minimum atomic E-state index is 0.259. The zero-order chi connectivity index (χ0) is 15.1. The second kappa shape index (κ2) is 5.05. The van der Waals surface area contributed by atoms with Crippen molar-refractivity contribution < 1.29 is 10.3 Å². The van der Waals surface area contributed by atoms with Crippen molar-refractivity contribution in [2.75, 3.05) is 4.90 Å². The van der Waals surface area contributed by atoms with Crippen LogP contribution in [0.4, 0.5) is 5.69 Å². The minimum Gasteiger partial charge on any atom is -0.508 e. The summed E-state index contributed by atoms with van der Waals surface area (Å²) in [5, 5.41) is 22.5. The molecule has 0 fully saturated rings. The fraction of sp³-hybridized carbons (Fsp3) is 0.278. The van der Waals surface area contributed by atoms with Gasteiger partial charge in [0.15, 0.2) is 0 Å². The summed E-state index contributed by atoms with van der Waals surface area (Å²) in [6.07, 6.45) is 10.2. The molecule has 0 saturated heterocycles. The zero-order valence-corrected chi connectivity index (χ0v) is 12.2. The monoisotopic (exact) mass is 294 g/mol. The molecular weight excluding hydrogens is 276 g/mol. The first-order valence-electron chi connectivity index (χ1n) is 7.69. The molecule has 4 nitrogen and oxygen atoms in total. The third kappa shape index (κ3) is 1.87. The molecule has 1 aliphatic heterocycles. The predicted octanol–water partition coefficient (Wildman–Crippen LogP) is 3.74. The quantitative estimate of drug-likeness (QED) is 0.613. The van der Waals surface area contributed by atoms with Crippen molar-refractivity contribution in [2.45, 2.75) is 31.7 Å². The van der Waals surface area contributed by atoms with Crippen LogP contribution in [0.2, 0.25) is 0 Å². The molecule has 0 saturated carbocycles. The van der Waals surface area contributed by atoms with Gasteiger partial charge in [0.2, 0.25) is 0 Å². The molecule has 4 heteroatoms. The van der Waals surface area contributed by atoms with Gasteiger partial charge in [-0.25, -0.2) is 0 Å². The standard InChI is InChI=1S/C18H18N2O2/c21-13-10-8-12(9-11-13)20-16-6-2-1-4-14(16)18-15(19-22)5-3-7-17(18)20/h1-2,4,8-11,16,21-22H,3,5-7H2/b19-15-. The highest BCUT2D eigenvalue weighted by atomic mass is 16.4. The van der Waals surface area contributed by atoms with Crippen molar-refractivity contribution in [1.82, 2.24) is 0 Å². The van der Waals surface area contributed by atoms with Gasteiger partial charge in [-0.3, -0.25) is 0 Å². The summed E-state index contributed by atoms with van der Waals surface area (Å²) in [6, 6.07) is 7.60. The summed E-state index contributed by atoms with van der Waals surface area (Å²) >= 11 is 0. The number of fused-ring (bicyclic) bond motifs is 2. The van der Waals surface area contributed by atoms with E-state index in [0.29, 0.717) is 0 Å². The summed E-state index contributed by atoms with van der Waals surface area (Å²) in [4.78, 5) is 2.34. The lowest BCUT2D eigenvalue weighted by Crippen LogP contribution is -2.31. The van der Waals surface area contributed by atoms with Crippen LogP contribution in [-0.2, 0) is 0 Å². The van der Waals surface area contributed by atoms with Gasteiger partial charge in [-0.05, 0) is 55.5 Å². The number of hydrogen-bond donors (Lipinski definition) is 2. The van der Waals surface area contributed by atoms with Gasteiger partial charge in [0.1, 0.15) is 5.75 Å². The van der Waals surface area contributed by atoms with E-state index in [-0.39, 0.29) is 11.8 Å². The highest BCUT2D eigenvalue weighted by molar-refractivity contribution is 6.07. The fourth-order valence-corrected chi connectivity index (χ4v) is 3.76. The summed E-state index contributed by atoms with van der Waals surface area (Å²) in [5.74, 6) is 0.276. The lowest BCUT2D eigenvalue weighted by atomic mass is 9.88. The van der Waals surface area contributed by atoms with Crippen LogP contribution in [0.25, 0.3) is 0 Å². The fourth-order valence-electron chi connectivity index (χ4n) is 3.76. The number of hydrogen-bond acceptors (Lipinski definition) is 4. The highest BCUT2D eigenvalue weighted by Gasteiger charge is 2.40. The van der Waals surface area contributed by atoms with E-state index in [1.807, 2.05) is 12.1 Å². The number of anilines is 1. The Morgan fingerprint density at radius 2 is 1.95 bits per heavy atom. The Labute approximate surface area is 129 Å². The Morgan fingerprint density at radius 1 is 1.14 bits per heavy atom. The number of benzene rings is 1. The summed E-state index contributed by atoms with van der Waals surface area (Å²) < 4.78 is 0. The summed E-state index contributed by atoms with van der Waals surface area (Å²) in [6.45, 7) is 0. The molecule has 4 rings (SSSR count). The molecule has 0 bridgehead atoms. The topological polar surface area (TPSA) is 56.1 Å². The largest absolute Gasteiger partial charge is 0.508 e. The van der Waals surface area contributed by atoms with Crippen molar-refractivity contribution in [2.24, 2.45) is 5.16 Å². The number of nitrogens with zero attached hydrogens (tertiary/aromatic N) is 2. The number of aromatic hydroxyl groups is 1. The molecule has 0 radical (unpaired) electrons. The number of oxime groups is 1. The van der Waals surface area contributed by atoms with Gasteiger partial charge in [-0.1, -0.05) is 23.4 Å². The van der Waals surface area contributed by atoms with Crippen molar-refractivity contribution in [3.63, 3.8) is 0 Å². The van der Waals surface area contributed by atoms with Crippen LogP contribution in [0, 0.1) is 0 Å². The number of phenols is 1. The first-order valence-corrected chi connectivity index (χ1v) is 7.69. The number of phenolic OH excluding ortho intramolecular Hbond substituents is 1. The van der Waals surface area contributed by atoms with Gasteiger partial charge in [0.25, 0.3) is 0 Å². The Bertz CT molecular complexity index is 726. The molecule has 0 spiro atoms. The molecule has 0 amide bonds. The lowest BCUT2D eigenvalue weighted by Gasteiger charge is -2.31. The van der Waals surface area contributed by atoms with E-state index in [9.17, 15) is 10.3 Å². The number of allylic oxidation sites excluding steroid dienone is 3. The molecular formula is C18H18N2O2. The second-order valence-corrected chi connectivity index (χ2v) is 5.91. The van der Waals surface area contributed by atoms with Crippen LogP contribution in [-0.4, -0.2) is 22.1 Å². The zero-order valence-electron chi connectivity index (χ0n) is 12.2. The Morgan fingerprint density at radius 3 is 2.73 bits per heavy atom. The van der Waals surface area contributed by atoms with Crippen molar-refractivity contribution in [3.8, 4) is 5.75 Å². The average Bonchev–Trinajstić information content (AvgIpc) is 2.90. The molecule has 1 aromatic rings. The first-order chi connectivity index (χ1) is 10.8. The van der Waals surface area contributed by atoms with Crippen LogP contribution in [0.15, 0.2) is 64.5 Å². The Kier molecular flexibility index (Phi) is 3.03. The van der Waals surface area contributed by atoms with E-state index >= 15 is 0 Å². The molecule has 1 heterocycles. The molecule has 1 aromatic carbocycles. The molecule has 2 N–H and O–H groups in total. The van der Waals surface area contributed by atoms with Crippen molar-refractivity contribution in [3.05, 3.63) is 59.3 Å². The molecule has 22 heavy (non-hydrogen) atoms. The molecule has 2 aliphatic carbocycles. The van der Waals surface area contributed by atoms with Crippen LogP contribution in [0.5, 0.6) is 5.75 Å². The SMILES string of the molecule is O/N=C1/CCCC2=C1C1=CC=CCC1N2c1ccc(O)cc1. The maximum atomic E-state index is 9.54. The predicted molar refractivity (Wildman–Crippen MR) is 86.3 cm³/mol. The maximum Gasteiger partial charge on any atom is 0.115 e. The molecule has 112 valence electrons. The summed E-state index contributed by atoms with van der Waals surface area (Å²) in [7, 11) is 0. The van der Waals surface area contributed by atoms with E-state index < -0.39 is 0 Å². The molecule has 3 aliphatic rings. The third-order valence-corrected chi connectivity index (χ3v) is 4.67. The highest BCUT2D eigenvalue weighted by Crippen LogP contribution is 2.45. The van der Waals surface area contributed by atoms with Gasteiger partial charge in [-0.2, -0.15) is 0 Å². The van der Waals surface area contributed by atoms with Gasteiger partial charge in [0.05, 0.1) is 11.8 Å². The van der Waals surface area contributed by atoms with Crippen LogP contribution in [0.3, 0.4) is 0 Å². The Balaban J connectivity index is 1.87. The van der Waals surface area contributed by atoms with Crippen LogP contribution in [0.1, 0.15) is 25.7 Å². The van der Waals surface area contributed by atoms with E-state index in [1.54, 1.807) is 12.1 Å². The molecule has 1 unspecified atom stereocenters. The maximum absolute atomic E-state index is 9.54. The van der Waals surface area contributed by atoms with Crippen molar-refractivity contribution in [1.29, 1.82) is 0 Å². The second-order valence-electron chi connectivity index (χ2n) is 5.91. The van der Waals surface area contributed by atoms with Gasteiger partial charge in [-0.15, -0.1) is 0 Å². The van der Waals surface area contributed by atoms with E-state index in [2.05, 4.69) is 28.3 Å². The summed E-state index contributed by atoms with van der Waals surface area (Å²) in [5.41, 5.74) is 5.49. The lowest BCUT2D eigenvalue weighted by molar-refractivity contribution is 0.317. The van der Waals surface area contributed by atoms with E-state index in [1.165, 1.54) is 11.3 Å². The van der Waals surface area contributed by atoms with E-state index in [4.69, 9.17) is 0 Å².